The van der Waals surface area contributed by atoms with Crippen molar-refractivity contribution in [2.24, 2.45) is 5.10 Å². The number of nitrogens with zero attached hydrogens (tertiary/aromatic N) is 2. The quantitative estimate of drug-likeness (QED) is 0.777. The van der Waals surface area contributed by atoms with E-state index >= 15 is 0 Å². The first kappa shape index (κ1) is 19.8. The molecule has 7 nitrogen and oxygen atoms in total. The summed E-state index contributed by atoms with van der Waals surface area (Å²) in [5.74, 6) is -0.421. The number of hydrogen-bond donors (Lipinski definition) is 1. The number of rotatable bonds is 4. The Hall–Kier alpha value is -2.55. The zero-order chi connectivity index (χ0) is 20.3. The van der Waals surface area contributed by atoms with E-state index < -0.39 is 15.9 Å². The summed E-state index contributed by atoms with van der Waals surface area (Å²) in [5.41, 5.74) is 6.30. The van der Waals surface area contributed by atoms with Crippen molar-refractivity contribution < 1.29 is 17.9 Å². The standard InChI is InChI=1S/C21H23N3O4S/c25-21(23-22-19-9-8-16-4-1-2-5-17(16)14-19)18-6-3-7-20(15-18)29(26,27)24-10-12-28-13-11-24/h1-7,15H,8-14H2,(H,23,25)/b22-19-. The van der Waals surface area contributed by atoms with E-state index in [2.05, 4.69) is 22.7 Å². The van der Waals surface area contributed by atoms with Crippen LogP contribution in [-0.2, 0) is 27.6 Å². The van der Waals surface area contributed by atoms with Crippen LogP contribution in [0.4, 0.5) is 0 Å². The molecule has 1 amide bonds. The topological polar surface area (TPSA) is 88.1 Å². The number of aryl methyl sites for hydroxylation is 1. The Morgan fingerprint density at radius 3 is 2.55 bits per heavy atom. The molecule has 1 fully saturated rings. The molecule has 0 bridgehead atoms. The molecule has 152 valence electrons. The van der Waals surface area contributed by atoms with Crippen molar-refractivity contribution >= 4 is 21.6 Å². The summed E-state index contributed by atoms with van der Waals surface area (Å²) in [5, 5.41) is 4.28. The van der Waals surface area contributed by atoms with Crippen LogP contribution in [0, 0.1) is 0 Å². The Balaban J connectivity index is 1.46. The van der Waals surface area contributed by atoms with Crippen LogP contribution in [0.25, 0.3) is 0 Å². The molecule has 8 heteroatoms. The lowest BCUT2D eigenvalue weighted by molar-refractivity contribution is 0.0730. The number of carbonyl (C=O) groups is 1. The smallest absolute Gasteiger partial charge is 0.271 e. The van der Waals surface area contributed by atoms with Crippen LogP contribution in [0.2, 0.25) is 0 Å². The fraction of sp³-hybridized carbons (Fsp3) is 0.333. The lowest BCUT2D eigenvalue weighted by Gasteiger charge is -2.26. The molecule has 0 saturated carbocycles. The van der Waals surface area contributed by atoms with E-state index in [1.54, 1.807) is 12.1 Å². The second-order valence-electron chi connectivity index (χ2n) is 7.11. The van der Waals surface area contributed by atoms with Gasteiger partial charge in [-0.25, -0.2) is 13.8 Å². The number of morpholine rings is 1. The van der Waals surface area contributed by atoms with Gasteiger partial charge in [-0.05, 0) is 42.2 Å². The fourth-order valence-electron chi connectivity index (χ4n) is 3.58. The number of sulfonamides is 1. The number of hydrazone groups is 1. The molecule has 0 atom stereocenters. The van der Waals surface area contributed by atoms with Crippen molar-refractivity contribution in [2.45, 2.75) is 24.2 Å². The van der Waals surface area contributed by atoms with E-state index in [-0.39, 0.29) is 10.5 Å². The molecule has 0 spiro atoms. The maximum atomic E-state index is 12.8. The van der Waals surface area contributed by atoms with Crippen LogP contribution in [-0.4, -0.2) is 50.6 Å². The zero-order valence-electron chi connectivity index (χ0n) is 16.0. The number of nitrogens with one attached hydrogen (secondary N) is 1. The van der Waals surface area contributed by atoms with Gasteiger partial charge in [0.2, 0.25) is 10.0 Å². The zero-order valence-corrected chi connectivity index (χ0v) is 16.8. The summed E-state index contributed by atoms with van der Waals surface area (Å²) in [6.07, 6.45) is 2.41. The van der Waals surface area contributed by atoms with Gasteiger partial charge in [0, 0.05) is 30.8 Å². The lowest BCUT2D eigenvalue weighted by Crippen LogP contribution is -2.40. The molecule has 2 aromatic rings. The van der Waals surface area contributed by atoms with Crippen molar-refractivity contribution in [1.29, 1.82) is 0 Å². The summed E-state index contributed by atoms with van der Waals surface area (Å²) >= 11 is 0. The minimum absolute atomic E-state index is 0.103. The van der Waals surface area contributed by atoms with E-state index in [1.165, 1.54) is 27.6 Å². The van der Waals surface area contributed by atoms with E-state index in [4.69, 9.17) is 4.74 Å². The van der Waals surface area contributed by atoms with Crippen molar-refractivity contribution in [3.63, 3.8) is 0 Å². The first-order chi connectivity index (χ1) is 14.0. The summed E-state index contributed by atoms with van der Waals surface area (Å²) in [6.45, 7) is 1.38. The highest BCUT2D eigenvalue weighted by atomic mass is 32.2. The maximum Gasteiger partial charge on any atom is 0.271 e. The second-order valence-corrected chi connectivity index (χ2v) is 9.05. The molecule has 0 unspecified atom stereocenters. The number of benzene rings is 2. The molecule has 2 aliphatic rings. The fourth-order valence-corrected chi connectivity index (χ4v) is 5.04. The third-order valence-electron chi connectivity index (χ3n) is 5.22. The molecule has 4 rings (SSSR count). The molecule has 1 N–H and O–H groups in total. The number of carbonyl (C=O) groups excluding carboxylic acids is 1. The average Bonchev–Trinajstić information content (AvgIpc) is 2.78. The van der Waals surface area contributed by atoms with Gasteiger partial charge in [0.15, 0.2) is 0 Å². The van der Waals surface area contributed by atoms with E-state index in [0.29, 0.717) is 32.7 Å². The predicted molar refractivity (Wildman–Crippen MR) is 109 cm³/mol. The van der Waals surface area contributed by atoms with Gasteiger partial charge in [0.25, 0.3) is 5.91 Å². The van der Waals surface area contributed by atoms with Gasteiger partial charge < -0.3 is 4.74 Å². The Labute approximate surface area is 170 Å². The van der Waals surface area contributed by atoms with Crippen LogP contribution >= 0.6 is 0 Å². The molecule has 1 aliphatic heterocycles. The van der Waals surface area contributed by atoms with Crippen molar-refractivity contribution in [1.82, 2.24) is 9.73 Å². The van der Waals surface area contributed by atoms with Crippen molar-refractivity contribution in [3.05, 3.63) is 65.2 Å². The van der Waals surface area contributed by atoms with Gasteiger partial charge in [0.1, 0.15) is 0 Å². The molecule has 1 saturated heterocycles. The first-order valence-electron chi connectivity index (χ1n) is 9.64. The van der Waals surface area contributed by atoms with Crippen molar-refractivity contribution in [3.8, 4) is 0 Å². The summed E-state index contributed by atoms with van der Waals surface area (Å²) < 4.78 is 32.2. The summed E-state index contributed by atoms with van der Waals surface area (Å²) in [4.78, 5) is 12.6. The largest absolute Gasteiger partial charge is 0.379 e. The summed E-state index contributed by atoms with van der Waals surface area (Å²) in [6, 6.07) is 14.3. The second kappa shape index (κ2) is 8.44. The number of hydrogen-bond acceptors (Lipinski definition) is 5. The van der Waals surface area contributed by atoms with E-state index in [9.17, 15) is 13.2 Å². The molecular weight excluding hydrogens is 390 g/mol. The lowest BCUT2D eigenvalue weighted by atomic mass is 9.90. The van der Waals surface area contributed by atoms with Gasteiger partial charge >= 0.3 is 0 Å². The highest BCUT2D eigenvalue weighted by molar-refractivity contribution is 7.89. The highest BCUT2D eigenvalue weighted by Crippen LogP contribution is 2.20. The van der Waals surface area contributed by atoms with Gasteiger partial charge in [-0.2, -0.15) is 9.41 Å². The predicted octanol–water partition coefficient (Wildman–Crippen LogP) is 1.98. The third kappa shape index (κ3) is 4.39. The van der Waals surface area contributed by atoms with Crippen LogP contribution in [0.1, 0.15) is 27.9 Å². The van der Waals surface area contributed by atoms with Crippen LogP contribution in [0.15, 0.2) is 58.5 Å². The third-order valence-corrected chi connectivity index (χ3v) is 7.11. The molecule has 1 aliphatic carbocycles. The molecular formula is C21H23N3O4S. The Bertz CT molecular complexity index is 1040. The van der Waals surface area contributed by atoms with Gasteiger partial charge in [0.05, 0.1) is 18.1 Å². The Kier molecular flexibility index (Phi) is 5.75. The number of amides is 1. The minimum atomic E-state index is -3.65. The van der Waals surface area contributed by atoms with Crippen LogP contribution < -0.4 is 5.43 Å². The molecule has 1 heterocycles. The molecule has 29 heavy (non-hydrogen) atoms. The van der Waals surface area contributed by atoms with E-state index in [0.717, 1.165) is 18.6 Å². The normalized spacial score (nSPS) is 19.0. The van der Waals surface area contributed by atoms with Gasteiger partial charge in [-0.15, -0.1) is 0 Å². The first-order valence-corrected chi connectivity index (χ1v) is 11.1. The number of ether oxygens (including phenoxy) is 1. The van der Waals surface area contributed by atoms with Crippen LogP contribution in [0.5, 0.6) is 0 Å². The Morgan fingerprint density at radius 2 is 1.76 bits per heavy atom. The van der Waals surface area contributed by atoms with Crippen molar-refractivity contribution in [2.75, 3.05) is 26.3 Å². The van der Waals surface area contributed by atoms with Crippen LogP contribution in [0.3, 0.4) is 0 Å². The average molecular weight is 413 g/mol. The Morgan fingerprint density at radius 1 is 1.00 bits per heavy atom. The SMILES string of the molecule is O=C(N/N=C1/CCc2ccccc2C1)c1cccc(S(=O)(=O)N2CCOCC2)c1. The maximum absolute atomic E-state index is 12.8. The summed E-state index contributed by atoms with van der Waals surface area (Å²) in [7, 11) is -3.65. The number of fused-ring (bicyclic) bond motifs is 1. The monoisotopic (exact) mass is 413 g/mol. The van der Waals surface area contributed by atoms with E-state index in [1.807, 2.05) is 12.1 Å². The molecule has 2 aromatic carbocycles. The van der Waals surface area contributed by atoms with Gasteiger partial charge in [-0.1, -0.05) is 30.3 Å². The highest BCUT2D eigenvalue weighted by Gasteiger charge is 2.27. The van der Waals surface area contributed by atoms with Gasteiger partial charge in [-0.3, -0.25) is 4.79 Å². The molecule has 0 aromatic heterocycles. The molecule has 0 radical (unpaired) electrons. The minimum Gasteiger partial charge on any atom is -0.379 e.